The van der Waals surface area contributed by atoms with Crippen molar-refractivity contribution in [2.75, 3.05) is 0 Å². The van der Waals surface area contributed by atoms with E-state index in [9.17, 15) is 5.26 Å². The molecule has 4 heteroatoms. The Kier molecular flexibility index (Phi) is 3.85. The number of pyridine rings is 1. The number of aromatic nitrogens is 1. The summed E-state index contributed by atoms with van der Waals surface area (Å²) < 4.78 is 6.90. The fourth-order valence-corrected chi connectivity index (χ4v) is 2.58. The number of hydrogen-bond acceptors (Lipinski definition) is 3. The number of benzene rings is 2. The first-order valence-electron chi connectivity index (χ1n) is 6.43. The van der Waals surface area contributed by atoms with Gasteiger partial charge in [-0.05, 0) is 29.8 Å². The van der Waals surface area contributed by atoms with Crippen LogP contribution >= 0.6 is 15.9 Å². The van der Waals surface area contributed by atoms with Gasteiger partial charge in [-0.15, -0.1) is 0 Å². The molecule has 0 bridgehead atoms. The monoisotopic (exact) mass is 338 g/mol. The van der Waals surface area contributed by atoms with E-state index in [2.05, 4.69) is 27.0 Å². The predicted octanol–water partition coefficient (Wildman–Crippen LogP) is 4.45. The van der Waals surface area contributed by atoms with Gasteiger partial charge in [0.1, 0.15) is 24.0 Å². The fourth-order valence-electron chi connectivity index (χ4n) is 2.13. The summed E-state index contributed by atoms with van der Waals surface area (Å²) in [5.41, 5.74) is 2.30. The zero-order valence-corrected chi connectivity index (χ0v) is 12.7. The van der Waals surface area contributed by atoms with Crippen molar-refractivity contribution in [1.82, 2.24) is 4.98 Å². The average Bonchev–Trinajstić information content (AvgIpc) is 2.52. The molecule has 3 nitrogen and oxygen atoms in total. The van der Waals surface area contributed by atoms with Crippen molar-refractivity contribution >= 4 is 26.8 Å². The van der Waals surface area contributed by atoms with Gasteiger partial charge in [-0.1, -0.05) is 40.2 Å². The van der Waals surface area contributed by atoms with Crippen LogP contribution in [0.15, 0.2) is 59.2 Å². The molecule has 0 spiro atoms. The van der Waals surface area contributed by atoms with Crippen LogP contribution in [0.1, 0.15) is 11.1 Å². The van der Waals surface area contributed by atoms with E-state index >= 15 is 0 Å². The lowest BCUT2D eigenvalue weighted by Gasteiger charge is -2.11. The van der Waals surface area contributed by atoms with Crippen LogP contribution in [0.3, 0.4) is 0 Å². The summed E-state index contributed by atoms with van der Waals surface area (Å²) in [7, 11) is 0. The third-order valence-electron chi connectivity index (χ3n) is 3.12. The normalized spacial score (nSPS) is 10.3. The van der Waals surface area contributed by atoms with Gasteiger partial charge in [0, 0.05) is 16.1 Å². The van der Waals surface area contributed by atoms with Crippen molar-refractivity contribution in [3.05, 3.63) is 70.3 Å². The zero-order chi connectivity index (χ0) is 14.7. The van der Waals surface area contributed by atoms with Gasteiger partial charge in [-0.2, -0.15) is 5.26 Å². The molecule has 2 aromatic carbocycles. The molecule has 0 unspecified atom stereocenters. The summed E-state index contributed by atoms with van der Waals surface area (Å²) in [6, 6.07) is 17.7. The van der Waals surface area contributed by atoms with E-state index in [1.165, 1.54) is 0 Å². The Balaban J connectivity index is 1.98. The molecule has 0 amide bonds. The van der Waals surface area contributed by atoms with Gasteiger partial charge in [0.05, 0.1) is 5.52 Å². The van der Waals surface area contributed by atoms with Gasteiger partial charge >= 0.3 is 0 Å². The Hall–Kier alpha value is -2.38. The first kappa shape index (κ1) is 13.6. The molecule has 1 aromatic heterocycles. The minimum atomic E-state index is 0.405. The lowest BCUT2D eigenvalue weighted by molar-refractivity contribution is 0.309. The van der Waals surface area contributed by atoms with Crippen LogP contribution in [0.5, 0.6) is 5.75 Å². The van der Waals surface area contributed by atoms with Gasteiger partial charge in [0.25, 0.3) is 0 Å². The lowest BCUT2D eigenvalue weighted by atomic mass is 10.1. The highest BCUT2D eigenvalue weighted by Gasteiger charge is 2.10. The molecule has 0 radical (unpaired) electrons. The van der Waals surface area contributed by atoms with Crippen molar-refractivity contribution in [2.24, 2.45) is 0 Å². The summed E-state index contributed by atoms with van der Waals surface area (Å²) in [5, 5.41) is 10.1. The summed E-state index contributed by atoms with van der Waals surface area (Å²) in [6.07, 6.45) is 1.55. The van der Waals surface area contributed by atoms with E-state index in [0.717, 1.165) is 20.9 Å². The van der Waals surface area contributed by atoms with E-state index in [-0.39, 0.29) is 0 Å². The van der Waals surface area contributed by atoms with E-state index in [0.29, 0.717) is 17.9 Å². The highest BCUT2D eigenvalue weighted by Crippen LogP contribution is 2.28. The molecule has 0 aliphatic carbocycles. The largest absolute Gasteiger partial charge is 0.487 e. The van der Waals surface area contributed by atoms with Crippen LogP contribution in [-0.2, 0) is 6.61 Å². The quantitative estimate of drug-likeness (QED) is 0.708. The van der Waals surface area contributed by atoms with Crippen LogP contribution < -0.4 is 4.74 Å². The Bertz CT molecular complexity index is 840. The summed E-state index contributed by atoms with van der Waals surface area (Å²) in [4.78, 5) is 4.27. The molecule has 0 saturated carbocycles. The summed E-state index contributed by atoms with van der Waals surface area (Å²) in [5.74, 6) is 0.586. The zero-order valence-electron chi connectivity index (χ0n) is 11.1. The maximum absolute atomic E-state index is 9.24. The first-order chi connectivity index (χ1) is 10.3. The third-order valence-corrected chi connectivity index (χ3v) is 3.61. The highest BCUT2D eigenvalue weighted by atomic mass is 79.9. The molecule has 1 heterocycles. The summed E-state index contributed by atoms with van der Waals surface area (Å²) >= 11 is 3.44. The van der Waals surface area contributed by atoms with Gasteiger partial charge < -0.3 is 4.74 Å². The number of fused-ring (bicyclic) bond motifs is 1. The second-order valence-corrected chi connectivity index (χ2v) is 5.46. The molecule has 3 rings (SSSR count). The van der Waals surface area contributed by atoms with Crippen molar-refractivity contribution in [3.63, 3.8) is 0 Å². The predicted molar refractivity (Wildman–Crippen MR) is 84.9 cm³/mol. The number of ether oxygens (including phenoxy) is 1. The Morgan fingerprint density at radius 2 is 2.00 bits per heavy atom. The minimum Gasteiger partial charge on any atom is -0.487 e. The van der Waals surface area contributed by atoms with E-state index in [1.54, 1.807) is 6.20 Å². The van der Waals surface area contributed by atoms with Crippen LogP contribution in [0.4, 0.5) is 0 Å². The lowest BCUT2D eigenvalue weighted by Crippen LogP contribution is -1.99. The standard InChI is InChI=1S/C17H11BrN2O/c18-14-5-3-4-12(8-14)11-21-17-13(9-19)10-20-16-7-2-1-6-15(16)17/h1-8,10H,11H2. The smallest absolute Gasteiger partial charge is 0.148 e. The Labute approximate surface area is 130 Å². The molecular weight excluding hydrogens is 328 g/mol. The fraction of sp³-hybridized carbons (Fsp3) is 0.0588. The number of para-hydroxylation sites is 1. The Morgan fingerprint density at radius 3 is 2.81 bits per heavy atom. The molecule has 0 atom stereocenters. The topological polar surface area (TPSA) is 45.9 Å². The van der Waals surface area contributed by atoms with Crippen LogP contribution in [-0.4, -0.2) is 4.98 Å². The molecule has 21 heavy (non-hydrogen) atoms. The van der Waals surface area contributed by atoms with Crippen molar-refractivity contribution in [2.45, 2.75) is 6.61 Å². The van der Waals surface area contributed by atoms with Crippen molar-refractivity contribution in [3.8, 4) is 11.8 Å². The van der Waals surface area contributed by atoms with Gasteiger partial charge in [-0.25, -0.2) is 0 Å². The number of hydrogen-bond donors (Lipinski definition) is 0. The van der Waals surface area contributed by atoms with E-state index in [1.807, 2.05) is 48.5 Å². The summed E-state index contributed by atoms with van der Waals surface area (Å²) in [6.45, 7) is 0.405. The van der Waals surface area contributed by atoms with Crippen molar-refractivity contribution < 1.29 is 4.74 Å². The van der Waals surface area contributed by atoms with Gasteiger partial charge in [0.2, 0.25) is 0 Å². The first-order valence-corrected chi connectivity index (χ1v) is 7.22. The molecule has 0 saturated heterocycles. The number of nitrogens with zero attached hydrogens (tertiary/aromatic N) is 2. The van der Waals surface area contributed by atoms with E-state index < -0.39 is 0 Å². The van der Waals surface area contributed by atoms with E-state index in [4.69, 9.17) is 4.74 Å². The number of rotatable bonds is 3. The minimum absolute atomic E-state index is 0.405. The highest BCUT2D eigenvalue weighted by molar-refractivity contribution is 9.10. The van der Waals surface area contributed by atoms with Gasteiger partial charge in [-0.3, -0.25) is 4.98 Å². The molecule has 0 N–H and O–H groups in total. The van der Waals surface area contributed by atoms with Crippen LogP contribution in [0, 0.1) is 11.3 Å². The molecule has 0 aliphatic heterocycles. The molecule has 0 aliphatic rings. The second kappa shape index (κ2) is 5.94. The molecule has 0 fully saturated rings. The van der Waals surface area contributed by atoms with Gasteiger partial charge in [0.15, 0.2) is 0 Å². The third kappa shape index (κ3) is 2.88. The number of halogens is 1. The SMILES string of the molecule is N#Cc1cnc2ccccc2c1OCc1cccc(Br)c1. The maximum atomic E-state index is 9.24. The van der Waals surface area contributed by atoms with Crippen molar-refractivity contribution in [1.29, 1.82) is 5.26 Å². The number of nitriles is 1. The van der Waals surface area contributed by atoms with Crippen LogP contribution in [0.2, 0.25) is 0 Å². The molecule has 102 valence electrons. The van der Waals surface area contributed by atoms with Crippen LogP contribution in [0.25, 0.3) is 10.9 Å². The Morgan fingerprint density at radius 1 is 1.14 bits per heavy atom. The average molecular weight is 339 g/mol. The molecule has 3 aromatic rings. The molecular formula is C17H11BrN2O. The maximum Gasteiger partial charge on any atom is 0.148 e. The second-order valence-electron chi connectivity index (χ2n) is 4.55.